The maximum Gasteiger partial charge on any atom is 0.129 e. The molecule has 3 aromatic rings. The highest BCUT2D eigenvalue weighted by Crippen LogP contribution is 2.37. The number of hydrogen-bond donors (Lipinski definition) is 1. The van der Waals surface area contributed by atoms with Gasteiger partial charge >= 0.3 is 0 Å². The van der Waals surface area contributed by atoms with E-state index in [4.69, 9.17) is 9.73 Å². The highest BCUT2D eigenvalue weighted by atomic mass is 16.5. The van der Waals surface area contributed by atoms with Gasteiger partial charge in [0.2, 0.25) is 0 Å². The van der Waals surface area contributed by atoms with Gasteiger partial charge in [0.15, 0.2) is 0 Å². The van der Waals surface area contributed by atoms with E-state index in [-0.39, 0.29) is 12.1 Å². The summed E-state index contributed by atoms with van der Waals surface area (Å²) < 4.78 is 5.28. The summed E-state index contributed by atoms with van der Waals surface area (Å²) in [4.78, 5) is 5.00. The van der Waals surface area contributed by atoms with E-state index in [1.165, 1.54) is 11.1 Å². The second kappa shape index (κ2) is 6.81. The zero-order chi connectivity index (χ0) is 17.1. The molecule has 0 unspecified atom stereocenters. The number of hydrogen-bond acceptors (Lipinski definition) is 3. The van der Waals surface area contributed by atoms with Crippen molar-refractivity contribution in [3.05, 3.63) is 102 Å². The van der Waals surface area contributed by atoms with Gasteiger partial charge in [-0.25, -0.2) is 0 Å². The fourth-order valence-corrected chi connectivity index (χ4v) is 3.23. The Morgan fingerprint density at radius 2 is 1.40 bits per heavy atom. The molecule has 0 aromatic heterocycles. The molecule has 0 spiro atoms. The third-order valence-corrected chi connectivity index (χ3v) is 4.54. The summed E-state index contributed by atoms with van der Waals surface area (Å²) in [7, 11) is 1.69. The lowest BCUT2D eigenvalue weighted by Crippen LogP contribution is -2.25. The van der Waals surface area contributed by atoms with E-state index >= 15 is 0 Å². The average Bonchev–Trinajstić information content (AvgIpc) is 3.15. The Kier molecular flexibility index (Phi) is 4.21. The molecule has 1 aliphatic rings. The second-order valence-electron chi connectivity index (χ2n) is 6.09. The lowest BCUT2D eigenvalue weighted by atomic mass is 9.95. The molecule has 0 saturated carbocycles. The van der Waals surface area contributed by atoms with Crippen LogP contribution in [0.4, 0.5) is 0 Å². The molecule has 0 bridgehead atoms. The molecule has 3 aromatic carbocycles. The molecular weight excluding hydrogens is 308 g/mol. The molecule has 1 aliphatic heterocycles. The maximum atomic E-state index is 5.28. The number of methoxy groups -OCH3 is 1. The van der Waals surface area contributed by atoms with Crippen molar-refractivity contribution in [1.82, 2.24) is 5.32 Å². The molecule has 3 nitrogen and oxygen atoms in total. The summed E-state index contributed by atoms with van der Waals surface area (Å²) >= 11 is 0. The first-order chi connectivity index (χ1) is 12.3. The van der Waals surface area contributed by atoms with E-state index in [0.29, 0.717) is 0 Å². The Morgan fingerprint density at radius 3 is 2.04 bits per heavy atom. The fourth-order valence-electron chi connectivity index (χ4n) is 3.23. The van der Waals surface area contributed by atoms with Crippen LogP contribution in [0.1, 0.15) is 28.8 Å². The zero-order valence-electron chi connectivity index (χ0n) is 14.1. The first-order valence-electron chi connectivity index (χ1n) is 8.44. The third-order valence-electron chi connectivity index (χ3n) is 4.54. The summed E-state index contributed by atoms with van der Waals surface area (Å²) in [6, 6.07) is 29.1. The number of nitrogens with one attached hydrogen (secondary N) is 1. The molecule has 1 heterocycles. The van der Waals surface area contributed by atoms with Gasteiger partial charge in [-0.3, -0.25) is 4.99 Å². The number of aliphatic imine (C=N–C) groups is 1. The van der Waals surface area contributed by atoms with Crippen LogP contribution in [-0.2, 0) is 0 Å². The van der Waals surface area contributed by atoms with Gasteiger partial charge < -0.3 is 10.1 Å². The van der Waals surface area contributed by atoms with Crippen LogP contribution >= 0.6 is 0 Å². The van der Waals surface area contributed by atoms with E-state index in [2.05, 4.69) is 53.8 Å². The van der Waals surface area contributed by atoms with E-state index < -0.39 is 0 Å². The highest BCUT2D eigenvalue weighted by Gasteiger charge is 2.31. The zero-order valence-corrected chi connectivity index (χ0v) is 14.1. The van der Waals surface area contributed by atoms with E-state index in [0.717, 1.165) is 17.1 Å². The average molecular weight is 328 g/mol. The quantitative estimate of drug-likeness (QED) is 0.763. The van der Waals surface area contributed by atoms with Gasteiger partial charge in [0.1, 0.15) is 17.6 Å². The SMILES string of the molecule is COc1ccc([C@H]2NC(c3ccccc3)=N[C@@H]2c2ccccc2)cc1. The lowest BCUT2D eigenvalue weighted by molar-refractivity contribution is 0.414. The minimum absolute atomic E-state index is 0.0461. The molecule has 0 fully saturated rings. The van der Waals surface area contributed by atoms with Crippen molar-refractivity contribution in [1.29, 1.82) is 0 Å². The van der Waals surface area contributed by atoms with Crippen molar-refractivity contribution in [2.45, 2.75) is 12.1 Å². The molecule has 4 rings (SSSR count). The van der Waals surface area contributed by atoms with Gasteiger partial charge in [-0.2, -0.15) is 0 Å². The summed E-state index contributed by atoms with van der Waals surface area (Å²) in [5.41, 5.74) is 3.52. The monoisotopic (exact) mass is 328 g/mol. The second-order valence-corrected chi connectivity index (χ2v) is 6.09. The van der Waals surface area contributed by atoms with Crippen LogP contribution in [-0.4, -0.2) is 12.9 Å². The number of amidine groups is 1. The molecule has 124 valence electrons. The highest BCUT2D eigenvalue weighted by molar-refractivity contribution is 6.00. The van der Waals surface area contributed by atoms with Crippen molar-refractivity contribution >= 4 is 5.84 Å². The van der Waals surface area contributed by atoms with Crippen LogP contribution in [0.2, 0.25) is 0 Å². The summed E-state index contributed by atoms with van der Waals surface area (Å²) in [5, 5.41) is 3.62. The first-order valence-corrected chi connectivity index (χ1v) is 8.44. The number of benzene rings is 3. The van der Waals surface area contributed by atoms with Crippen LogP contribution in [0.3, 0.4) is 0 Å². The fraction of sp³-hybridized carbons (Fsp3) is 0.136. The topological polar surface area (TPSA) is 33.6 Å². The molecule has 0 radical (unpaired) electrons. The van der Waals surface area contributed by atoms with Gasteiger partial charge in [0.25, 0.3) is 0 Å². The van der Waals surface area contributed by atoms with E-state index in [9.17, 15) is 0 Å². The Morgan fingerprint density at radius 1 is 0.760 bits per heavy atom. The standard InChI is InChI=1S/C22H20N2O/c1-25-19-14-12-17(13-15-19)21-20(16-8-4-2-5-9-16)23-22(24-21)18-10-6-3-7-11-18/h2-15,20-21H,1H3,(H,23,24)/t20-,21-/m1/s1. The Hall–Kier alpha value is -3.07. The number of nitrogens with zero attached hydrogens (tertiary/aromatic N) is 1. The van der Waals surface area contributed by atoms with Crippen LogP contribution in [0.15, 0.2) is 89.9 Å². The smallest absolute Gasteiger partial charge is 0.129 e. The van der Waals surface area contributed by atoms with Gasteiger partial charge in [-0.1, -0.05) is 72.8 Å². The predicted octanol–water partition coefficient (Wildman–Crippen LogP) is 4.53. The predicted molar refractivity (Wildman–Crippen MR) is 101 cm³/mol. The molecule has 0 saturated heterocycles. The molecule has 0 amide bonds. The van der Waals surface area contributed by atoms with Gasteiger partial charge in [-0.05, 0) is 23.3 Å². The Bertz CT molecular complexity index is 858. The van der Waals surface area contributed by atoms with Crippen molar-refractivity contribution in [3.63, 3.8) is 0 Å². The van der Waals surface area contributed by atoms with Gasteiger partial charge in [0.05, 0.1) is 13.2 Å². The molecule has 3 heteroatoms. The minimum atomic E-state index is 0.0461. The number of ether oxygens (including phenoxy) is 1. The minimum Gasteiger partial charge on any atom is -0.497 e. The Labute approximate surface area is 148 Å². The van der Waals surface area contributed by atoms with Crippen molar-refractivity contribution in [3.8, 4) is 5.75 Å². The lowest BCUT2D eigenvalue weighted by Gasteiger charge is -2.20. The normalized spacial score (nSPS) is 19.2. The van der Waals surface area contributed by atoms with Gasteiger partial charge in [-0.15, -0.1) is 0 Å². The van der Waals surface area contributed by atoms with Crippen molar-refractivity contribution < 1.29 is 4.74 Å². The summed E-state index contributed by atoms with van der Waals surface area (Å²) in [6.45, 7) is 0. The van der Waals surface area contributed by atoms with E-state index in [1.807, 2.05) is 36.4 Å². The Balaban J connectivity index is 1.72. The van der Waals surface area contributed by atoms with Crippen molar-refractivity contribution in [2.75, 3.05) is 7.11 Å². The van der Waals surface area contributed by atoms with Crippen LogP contribution in [0, 0.1) is 0 Å². The van der Waals surface area contributed by atoms with Crippen molar-refractivity contribution in [2.24, 2.45) is 4.99 Å². The largest absolute Gasteiger partial charge is 0.497 e. The summed E-state index contributed by atoms with van der Waals surface area (Å²) in [6.07, 6.45) is 0. The molecule has 25 heavy (non-hydrogen) atoms. The van der Waals surface area contributed by atoms with Gasteiger partial charge in [0, 0.05) is 5.56 Å². The first kappa shape index (κ1) is 15.5. The number of rotatable bonds is 4. The van der Waals surface area contributed by atoms with E-state index in [1.54, 1.807) is 7.11 Å². The van der Waals surface area contributed by atoms with Crippen LogP contribution in [0.25, 0.3) is 0 Å². The molecule has 2 atom stereocenters. The van der Waals surface area contributed by atoms with Crippen LogP contribution < -0.4 is 10.1 Å². The van der Waals surface area contributed by atoms with Crippen LogP contribution in [0.5, 0.6) is 5.75 Å². The third kappa shape index (κ3) is 3.13. The maximum absolute atomic E-state index is 5.28. The molecule has 1 N–H and O–H groups in total. The molecular formula is C22H20N2O. The molecule has 0 aliphatic carbocycles. The summed E-state index contributed by atoms with van der Waals surface area (Å²) in [5.74, 6) is 1.80.